The van der Waals surface area contributed by atoms with Gasteiger partial charge in [0.15, 0.2) is 5.69 Å². The van der Waals surface area contributed by atoms with Crippen LogP contribution in [0.3, 0.4) is 0 Å². The lowest BCUT2D eigenvalue weighted by molar-refractivity contribution is 0.0911. The van der Waals surface area contributed by atoms with E-state index in [0.717, 1.165) is 5.56 Å². The van der Waals surface area contributed by atoms with Crippen molar-refractivity contribution in [1.82, 2.24) is 15.1 Å². The summed E-state index contributed by atoms with van der Waals surface area (Å²) in [6, 6.07) is 12.3. The molecule has 2 aromatic carbocycles. The molecule has 4 N–H and O–H groups in total. The molecule has 0 aliphatic heterocycles. The molecule has 1 amide bonds. The number of hydrogen-bond acceptors (Lipinski definition) is 4. The van der Waals surface area contributed by atoms with Crippen LogP contribution in [-0.2, 0) is 6.61 Å². The molecule has 3 rings (SSSR count). The van der Waals surface area contributed by atoms with Crippen LogP contribution in [0.25, 0.3) is 16.9 Å². The van der Waals surface area contributed by atoms with Gasteiger partial charge in [0.25, 0.3) is 5.91 Å². The Bertz CT molecular complexity index is 1200. The number of aromatic nitrogens is 2. The predicted octanol–water partition coefficient (Wildman–Crippen LogP) is 4.60. The smallest absolute Gasteiger partial charge is 0.272 e. The second kappa shape index (κ2) is 11.1. The van der Waals surface area contributed by atoms with E-state index >= 15 is 0 Å². The van der Waals surface area contributed by atoms with Gasteiger partial charge in [0.2, 0.25) is 0 Å². The second-order valence-corrected chi connectivity index (χ2v) is 8.97. The molecule has 3 aromatic rings. The summed E-state index contributed by atoms with van der Waals surface area (Å²) in [4.78, 5) is 13.0. The largest absolute Gasteiger partial charge is 0.392 e. The molecule has 0 atom stereocenters. The molecule has 1 aromatic heterocycles. The molecular formula is C24H25Cl3N4O2. The molecule has 1 heterocycles. The Kier molecular flexibility index (Phi) is 8.96. The van der Waals surface area contributed by atoms with E-state index in [1.165, 1.54) is 0 Å². The van der Waals surface area contributed by atoms with Crippen molar-refractivity contribution < 1.29 is 9.90 Å². The Balaban J connectivity index is 0.00000385. The number of carbonyl (C=O) groups is 1. The zero-order valence-electron chi connectivity index (χ0n) is 18.4. The highest BCUT2D eigenvalue weighted by atomic mass is 35.5. The summed E-state index contributed by atoms with van der Waals surface area (Å²) in [7, 11) is 0. The van der Waals surface area contributed by atoms with E-state index in [2.05, 4.69) is 22.3 Å². The Morgan fingerprint density at radius 1 is 1.18 bits per heavy atom. The SMILES string of the molecule is CC(C)(C)NC(=O)c1nn(-c2ccc(C#CCN)cc2Cl)c(-c2ccc(Cl)cc2)c1CO.Cl. The first-order valence-electron chi connectivity index (χ1n) is 9.94. The minimum atomic E-state index is -0.477. The average Bonchev–Trinajstić information content (AvgIpc) is 3.11. The van der Waals surface area contributed by atoms with Crippen molar-refractivity contribution in [3.63, 3.8) is 0 Å². The molecule has 0 aliphatic rings. The molecule has 9 heteroatoms. The van der Waals surface area contributed by atoms with E-state index < -0.39 is 11.4 Å². The quantitative estimate of drug-likeness (QED) is 0.450. The lowest BCUT2D eigenvalue weighted by Crippen LogP contribution is -2.41. The van der Waals surface area contributed by atoms with Crippen LogP contribution in [0.5, 0.6) is 0 Å². The van der Waals surface area contributed by atoms with Gasteiger partial charge in [0.05, 0.1) is 29.6 Å². The molecule has 0 saturated heterocycles. The molecule has 33 heavy (non-hydrogen) atoms. The van der Waals surface area contributed by atoms with Crippen LogP contribution in [0, 0.1) is 11.8 Å². The Labute approximate surface area is 209 Å². The minimum Gasteiger partial charge on any atom is -0.392 e. The van der Waals surface area contributed by atoms with Crippen LogP contribution < -0.4 is 11.1 Å². The van der Waals surface area contributed by atoms with E-state index in [-0.39, 0.29) is 31.3 Å². The summed E-state index contributed by atoms with van der Waals surface area (Å²) in [5, 5.41) is 18.6. The van der Waals surface area contributed by atoms with Gasteiger partial charge in [0.1, 0.15) is 0 Å². The summed E-state index contributed by atoms with van der Waals surface area (Å²) in [6.45, 7) is 5.48. The Morgan fingerprint density at radius 3 is 2.39 bits per heavy atom. The number of hydrogen-bond donors (Lipinski definition) is 3. The van der Waals surface area contributed by atoms with Crippen molar-refractivity contribution in [3.05, 3.63) is 69.3 Å². The highest BCUT2D eigenvalue weighted by molar-refractivity contribution is 6.32. The number of aliphatic hydroxyl groups excluding tert-OH is 1. The Morgan fingerprint density at radius 2 is 1.85 bits per heavy atom. The molecule has 0 unspecified atom stereocenters. The number of carbonyl (C=O) groups excluding carboxylic acids is 1. The van der Waals surface area contributed by atoms with Crippen molar-refractivity contribution in [2.24, 2.45) is 5.73 Å². The zero-order chi connectivity index (χ0) is 23.5. The lowest BCUT2D eigenvalue weighted by atomic mass is 10.0. The number of nitrogens with one attached hydrogen (secondary N) is 1. The van der Waals surface area contributed by atoms with Gasteiger partial charge in [0, 0.05) is 27.3 Å². The van der Waals surface area contributed by atoms with E-state index in [1.807, 2.05) is 20.8 Å². The van der Waals surface area contributed by atoms with Crippen molar-refractivity contribution in [2.45, 2.75) is 32.9 Å². The topological polar surface area (TPSA) is 93.2 Å². The maximum absolute atomic E-state index is 13.0. The second-order valence-electron chi connectivity index (χ2n) is 8.13. The van der Waals surface area contributed by atoms with Crippen molar-refractivity contribution >= 4 is 41.5 Å². The monoisotopic (exact) mass is 506 g/mol. The third-order valence-electron chi connectivity index (χ3n) is 4.47. The summed E-state index contributed by atoms with van der Waals surface area (Å²) in [5.41, 5.74) is 8.00. The molecule has 0 spiro atoms. The zero-order valence-corrected chi connectivity index (χ0v) is 20.8. The van der Waals surface area contributed by atoms with Gasteiger partial charge in [-0.2, -0.15) is 5.10 Å². The van der Waals surface area contributed by atoms with Gasteiger partial charge in [-0.1, -0.05) is 47.2 Å². The van der Waals surface area contributed by atoms with Gasteiger partial charge < -0.3 is 16.2 Å². The first kappa shape index (κ1) is 26.7. The third kappa shape index (κ3) is 6.29. The maximum atomic E-state index is 13.0. The van der Waals surface area contributed by atoms with Gasteiger partial charge >= 0.3 is 0 Å². The number of nitrogens with two attached hydrogens (primary N) is 1. The molecule has 0 radical (unpaired) electrons. The highest BCUT2D eigenvalue weighted by Gasteiger charge is 2.27. The molecular weight excluding hydrogens is 483 g/mol. The maximum Gasteiger partial charge on any atom is 0.272 e. The van der Waals surface area contributed by atoms with Gasteiger partial charge in [-0.3, -0.25) is 4.79 Å². The molecule has 174 valence electrons. The van der Waals surface area contributed by atoms with Gasteiger partial charge in [-0.15, -0.1) is 12.4 Å². The normalized spacial score (nSPS) is 10.8. The van der Waals surface area contributed by atoms with Crippen molar-refractivity contribution in [3.8, 4) is 28.8 Å². The average molecular weight is 508 g/mol. The first-order valence-corrected chi connectivity index (χ1v) is 10.7. The highest BCUT2D eigenvalue weighted by Crippen LogP contribution is 2.33. The molecule has 0 aliphatic carbocycles. The molecule has 6 nitrogen and oxygen atoms in total. The van der Waals surface area contributed by atoms with Crippen LogP contribution in [0.1, 0.15) is 42.4 Å². The molecule has 0 bridgehead atoms. The fourth-order valence-electron chi connectivity index (χ4n) is 3.17. The van der Waals surface area contributed by atoms with Gasteiger partial charge in [-0.05, 0) is 51.1 Å². The summed E-state index contributed by atoms with van der Waals surface area (Å²) < 4.78 is 1.56. The summed E-state index contributed by atoms with van der Waals surface area (Å²) >= 11 is 12.6. The van der Waals surface area contributed by atoms with Crippen LogP contribution in [0.2, 0.25) is 10.0 Å². The minimum absolute atomic E-state index is 0. The van der Waals surface area contributed by atoms with Gasteiger partial charge in [-0.25, -0.2) is 4.68 Å². The lowest BCUT2D eigenvalue weighted by Gasteiger charge is -2.19. The van der Waals surface area contributed by atoms with Crippen molar-refractivity contribution in [2.75, 3.05) is 6.54 Å². The fraction of sp³-hybridized carbons (Fsp3) is 0.250. The molecule has 0 fully saturated rings. The number of halogens is 3. The van der Waals surface area contributed by atoms with Crippen LogP contribution in [-0.4, -0.2) is 32.9 Å². The fourth-order valence-corrected chi connectivity index (χ4v) is 3.56. The van der Waals surface area contributed by atoms with E-state index in [0.29, 0.717) is 32.6 Å². The first-order chi connectivity index (χ1) is 15.1. The number of amides is 1. The number of benzene rings is 2. The van der Waals surface area contributed by atoms with Crippen LogP contribution >= 0.6 is 35.6 Å². The molecule has 0 saturated carbocycles. The summed E-state index contributed by atoms with van der Waals surface area (Å²) in [5.74, 6) is 5.34. The van der Waals surface area contributed by atoms with Crippen molar-refractivity contribution in [1.29, 1.82) is 0 Å². The van der Waals surface area contributed by atoms with E-state index in [9.17, 15) is 9.90 Å². The van der Waals surface area contributed by atoms with Crippen LogP contribution in [0.15, 0.2) is 42.5 Å². The standard InChI is InChI=1S/C24H24Cl2N4O2.ClH/c1-24(2,3)28-23(32)21-18(14-31)22(16-7-9-17(25)10-8-16)30(29-21)20-11-6-15(5-4-12-27)13-19(20)26;/h6-11,13,31H,12,14,27H2,1-3H3,(H,28,32);1H. The summed E-state index contributed by atoms with van der Waals surface area (Å²) in [6.07, 6.45) is 0. The predicted molar refractivity (Wildman–Crippen MR) is 135 cm³/mol. The number of aliphatic hydroxyl groups is 1. The van der Waals surface area contributed by atoms with E-state index in [4.69, 9.17) is 28.9 Å². The number of rotatable bonds is 4. The van der Waals surface area contributed by atoms with E-state index in [1.54, 1.807) is 47.1 Å². The number of nitrogens with zero attached hydrogens (tertiary/aromatic N) is 2. The third-order valence-corrected chi connectivity index (χ3v) is 5.03. The van der Waals surface area contributed by atoms with Crippen LogP contribution in [0.4, 0.5) is 0 Å². The Hall–Kier alpha value is -2.53.